The van der Waals surface area contributed by atoms with Gasteiger partial charge in [-0.2, -0.15) is 5.26 Å². The van der Waals surface area contributed by atoms with Crippen LogP contribution in [0, 0.1) is 16.7 Å². The van der Waals surface area contributed by atoms with Crippen molar-refractivity contribution in [2.45, 2.75) is 70.9 Å². The molecule has 0 heterocycles. The van der Waals surface area contributed by atoms with Crippen LogP contribution in [-0.2, 0) is 4.43 Å². The molecule has 3 heteroatoms. The topological polar surface area (TPSA) is 33.0 Å². The van der Waals surface area contributed by atoms with E-state index in [9.17, 15) is 5.26 Å². The van der Waals surface area contributed by atoms with Gasteiger partial charge in [0.05, 0.1) is 6.07 Å². The number of nitriles is 1. The van der Waals surface area contributed by atoms with Crippen LogP contribution in [0.15, 0.2) is 60.7 Å². The first kappa shape index (κ1) is 20.8. The molecule has 148 valence electrons. The van der Waals surface area contributed by atoms with Gasteiger partial charge in [-0.05, 0) is 34.7 Å². The number of hydrogen-bond acceptors (Lipinski definition) is 2. The molecule has 1 aliphatic rings. The van der Waals surface area contributed by atoms with Crippen molar-refractivity contribution in [2.24, 2.45) is 5.41 Å². The maximum absolute atomic E-state index is 10.4. The second-order valence-electron chi connectivity index (χ2n) is 9.80. The SMILES string of the molecule is CC1(C)CCCCC1(C#N)O[Si](c1ccccc1)(c1ccccc1)C(C)(C)C. The molecule has 1 saturated carbocycles. The average Bonchev–Trinajstić information content (AvgIpc) is 2.67. The summed E-state index contributed by atoms with van der Waals surface area (Å²) in [6.07, 6.45) is 4.05. The van der Waals surface area contributed by atoms with E-state index in [1.165, 1.54) is 16.8 Å². The van der Waals surface area contributed by atoms with Gasteiger partial charge in [0.2, 0.25) is 0 Å². The van der Waals surface area contributed by atoms with E-state index < -0.39 is 13.9 Å². The third-order valence-electron chi connectivity index (χ3n) is 6.60. The molecule has 3 rings (SSSR count). The van der Waals surface area contributed by atoms with Gasteiger partial charge < -0.3 is 4.43 Å². The summed E-state index contributed by atoms with van der Waals surface area (Å²) < 4.78 is 7.35. The Morgan fingerprint density at radius 3 is 1.71 bits per heavy atom. The van der Waals surface area contributed by atoms with Crippen LogP contribution in [0.2, 0.25) is 5.04 Å². The molecule has 1 unspecified atom stereocenters. The van der Waals surface area contributed by atoms with Gasteiger partial charge in [0.1, 0.15) is 5.60 Å². The molecule has 0 aliphatic heterocycles. The lowest BCUT2D eigenvalue weighted by Gasteiger charge is -2.53. The number of nitrogens with zero attached hydrogens (tertiary/aromatic N) is 1. The highest BCUT2D eigenvalue weighted by atomic mass is 28.4. The monoisotopic (exact) mass is 391 g/mol. The highest BCUT2D eigenvalue weighted by molar-refractivity contribution is 6.99. The molecule has 1 aliphatic carbocycles. The van der Waals surface area contributed by atoms with Gasteiger partial charge in [0.25, 0.3) is 8.32 Å². The fraction of sp³-hybridized carbons (Fsp3) is 0.480. The van der Waals surface area contributed by atoms with Crippen molar-refractivity contribution in [3.05, 3.63) is 60.7 Å². The number of rotatable bonds is 4. The zero-order valence-corrected chi connectivity index (χ0v) is 19.0. The molecule has 0 bridgehead atoms. The lowest BCUT2D eigenvalue weighted by atomic mass is 9.66. The van der Waals surface area contributed by atoms with E-state index in [-0.39, 0.29) is 10.5 Å². The summed E-state index contributed by atoms with van der Waals surface area (Å²) in [5, 5.41) is 12.8. The molecule has 2 nitrogen and oxygen atoms in total. The van der Waals surface area contributed by atoms with Crippen LogP contribution in [0.25, 0.3) is 0 Å². The quantitative estimate of drug-likeness (QED) is 0.652. The fourth-order valence-electron chi connectivity index (χ4n) is 4.81. The standard InChI is InChI=1S/C25H33NOSi/c1-23(2,3)28(21-14-8-6-9-15-21,22-16-10-7-11-17-22)27-25(20-26)19-13-12-18-24(25,4)5/h6-11,14-17H,12-13,18-19H2,1-5H3. The van der Waals surface area contributed by atoms with E-state index in [2.05, 4.69) is 101 Å². The Morgan fingerprint density at radius 1 is 0.857 bits per heavy atom. The Labute approximate surface area is 171 Å². The maximum Gasteiger partial charge on any atom is 0.263 e. The zero-order valence-electron chi connectivity index (χ0n) is 18.0. The molecule has 1 atom stereocenters. The first-order valence-electron chi connectivity index (χ1n) is 10.4. The summed E-state index contributed by atoms with van der Waals surface area (Å²) in [6, 6.07) is 24.0. The second kappa shape index (κ2) is 7.50. The predicted molar refractivity (Wildman–Crippen MR) is 119 cm³/mol. The fourth-order valence-corrected chi connectivity index (χ4v) is 9.69. The first-order valence-corrected chi connectivity index (χ1v) is 12.3. The van der Waals surface area contributed by atoms with Gasteiger partial charge in [-0.3, -0.25) is 0 Å². The minimum Gasteiger partial charge on any atom is -0.389 e. The molecule has 2 aromatic rings. The Hall–Kier alpha value is -1.89. The van der Waals surface area contributed by atoms with E-state index in [0.29, 0.717) is 0 Å². The van der Waals surface area contributed by atoms with Crippen LogP contribution in [-0.4, -0.2) is 13.9 Å². The molecule has 1 fully saturated rings. The molecular weight excluding hydrogens is 358 g/mol. The highest BCUT2D eigenvalue weighted by Gasteiger charge is 2.59. The smallest absolute Gasteiger partial charge is 0.263 e. The van der Waals surface area contributed by atoms with Crippen LogP contribution in [0.4, 0.5) is 0 Å². The number of hydrogen-bond donors (Lipinski definition) is 0. The third-order valence-corrected chi connectivity index (χ3v) is 11.7. The third kappa shape index (κ3) is 3.34. The van der Waals surface area contributed by atoms with E-state index >= 15 is 0 Å². The molecule has 2 aromatic carbocycles. The Balaban J connectivity index is 2.29. The largest absolute Gasteiger partial charge is 0.389 e. The van der Waals surface area contributed by atoms with Crippen LogP contribution in [0.5, 0.6) is 0 Å². The molecule has 0 N–H and O–H groups in total. The second-order valence-corrected chi connectivity index (χ2v) is 14.0. The Kier molecular flexibility index (Phi) is 5.58. The molecule has 0 aromatic heterocycles. The minimum atomic E-state index is -2.74. The van der Waals surface area contributed by atoms with Crippen LogP contribution < -0.4 is 10.4 Å². The lowest BCUT2D eigenvalue weighted by molar-refractivity contribution is -0.0358. The number of benzene rings is 2. The van der Waals surface area contributed by atoms with Crippen molar-refractivity contribution in [1.29, 1.82) is 5.26 Å². The van der Waals surface area contributed by atoms with Crippen molar-refractivity contribution >= 4 is 18.7 Å². The van der Waals surface area contributed by atoms with E-state index in [1.54, 1.807) is 0 Å². The lowest BCUT2D eigenvalue weighted by Crippen LogP contribution is -2.71. The summed E-state index contributed by atoms with van der Waals surface area (Å²) in [5.74, 6) is 0. The average molecular weight is 392 g/mol. The first-order chi connectivity index (χ1) is 13.2. The van der Waals surface area contributed by atoms with E-state index in [4.69, 9.17) is 4.43 Å². The summed E-state index contributed by atoms with van der Waals surface area (Å²) >= 11 is 0. The van der Waals surface area contributed by atoms with Crippen LogP contribution in [0.1, 0.15) is 60.3 Å². The Morgan fingerprint density at radius 2 is 1.32 bits per heavy atom. The van der Waals surface area contributed by atoms with Crippen molar-refractivity contribution in [3.63, 3.8) is 0 Å². The minimum absolute atomic E-state index is 0.118. The van der Waals surface area contributed by atoms with Gasteiger partial charge in [-0.15, -0.1) is 0 Å². The van der Waals surface area contributed by atoms with Crippen molar-refractivity contribution in [3.8, 4) is 6.07 Å². The van der Waals surface area contributed by atoms with E-state index in [0.717, 1.165) is 19.3 Å². The molecular formula is C25H33NOSi. The molecule has 28 heavy (non-hydrogen) atoms. The normalized spacial score (nSPS) is 22.4. The summed E-state index contributed by atoms with van der Waals surface area (Å²) in [7, 11) is -2.74. The van der Waals surface area contributed by atoms with Gasteiger partial charge in [0, 0.05) is 5.41 Å². The van der Waals surface area contributed by atoms with Gasteiger partial charge >= 0.3 is 0 Å². The molecule has 0 radical (unpaired) electrons. The zero-order chi connectivity index (χ0) is 20.5. The van der Waals surface area contributed by atoms with Crippen molar-refractivity contribution in [1.82, 2.24) is 0 Å². The summed E-state index contributed by atoms with van der Waals surface area (Å²) in [6.45, 7) is 11.3. The van der Waals surface area contributed by atoms with Crippen LogP contribution >= 0.6 is 0 Å². The highest BCUT2D eigenvalue weighted by Crippen LogP contribution is 2.50. The predicted octanol–water partition coefficient (Wildman–Crippen LogP) is 5.43. The van der Waals surface area contributed by atoms with E-state index in [1.807, 2.05) is 0 Å². The Bertz CT molecular complexity index is 793. The molecule has 0 saturated heterocycles. The van der Waals surface area contributed by atoms with Gasteiger partial charge in [0.15, 0.2) is 0 Å². The summed E-state index contributed by atoms with van der Waals surface area (Å²) in [5.41, 5.74) is -0.941. The van der Waals surface area contributed by atoms with Gasteiger partial charge in [-0.1, -0.05) is 102 Å². The summed E-state index contributed by atoms with van der Waals surface area (Å²) in [4.78, 5) is 0. The van der Waals surface area contributed by atoms with Crippen molar-refractivity contribution < 1.29 is 4.43 Å². The van der Waals surface area contributed by atoms with Crippen LogP contribution in [0.3, 0.4) is 0 Å². The molecule has 0 amide bonds. The maximum atomic E-state index is 10.4. The molecule has 0 spiro atoms. The van der Waals surface area contributed by atoms with Crippen molar-refractivity contribution in [2.75, 3.05) is 0 Å². The van der Waals surface area contributed by atoms with Gasteiger partial charge in [-0.25, -0.2) is 0 Å².